The Hall–Kier alpha value is -1.39. The molecule has 3 nitrogen and oxygen atoms in total. The average Bonchev–Trinajstić information content (AvgIpc) is 2.42. The second kappa shape index (κ2) is 7.26. The normalized spacial score (nSPS) is 10.4. The first-order chi connectivity index (χ1) is 9.28. The molecule has 2 rings (SSSR count). The lowest BCUT2D eigenvalue weighted by atomic mass is 10.2. The number of rotatable bonds is 6. The van der Waals surface area contributed by atoms with Crippen molar-refractivity contribution in [2.75, 3.05) is 11.9 Å². The Kier molecular flexibility index (Phi) is 5.36. The number of pyridine rings is 1. The van der Waals surface area contributed by atoms with Crippen molar-refractivity contribution < 1.29 is 4.74 Å². The second-order valence-corrected chi connectivity index (χ2v) is 5.08. The molecule has 0 saturated heterocycles. The molecular formula is C15H17BrN2O. The Morgan fingerprint density at radius 3 is 2.63 bits per heavy atom. The molecule has 2 aromatic rings. The molecule has 0 aliphatic carbocycles. The molecule has 0 aliphatic heterocycles. The third-order valence-electron chi connectivity index (χ3n) is 2.60. The topological polar surface area (TPSA) is 34.1 Å². The minimum Gasteiger partial charge on any atom is -0.370 e. The second-order valence-electron chi connectivity index (χ2n) is 4.16. The molecule has 0 atom stereocenters. The van der Waals surface area contributed by atoms with Crippen LogP contribution in [-0.4, -0.2) is 11.5 Å². The molecule has 1 heterocycles. The Morgan fingerprint density at radius 1 is 1.11 bits per heavy atom. The summed E-state index contributed by atoms with van der Waals surface area (Å²) >= 11 is 3.42. The SMILES string of the molecule is CCNc1cccc(COCc2ccc(Br)cc2)n1. The number of hydrogen-bond acceptors (Lipinski definition) is 3. The standard InChI is InChI=1S/C15H17BrN2O/c1-2-17-15-5-3-4-14(18-15)11-19-10-12-6-8-13(16)9-7-12/h3-9H,2,10-11H2,1H3,(H,17,18). The lowest BCUT2D eigenvalue weighted by molar-refractivity contribution is 0.104. The largest absolute Gasteiger partial charge is 0.370 e. The van der Waals surface area contributed by atoms with Gasteiger partial charge in [0.25, 0.3) is 0 Å². The summed E-state index contributed by atoms with van der Waals surface area (Å²) in [7, 11) is 0. The molecule has 0 aliphatic rings. The first-order valence-electron chi connectivity index (χ1n) is 6.30. The van der Waals surface area contributed by atoms with Gasteiger partial charge in [-0.25, -0.2) is 4.98 Å². The fraction of sp³-hybridized carbons (Fsp3) is 0.267. The lowest BCUT2D eigenvalue weighted by Gasteiger charge is -2.07. The molecule has 0 saturated carbocycles. The average molecular weight is 321 g/mol. The van der Waals surface area contributed by atoms with Crippen molar-refractivity contribution in [3.8, 4) is 0 Å². The predicted octanol–water partition coefficient (Wildman–Crippen LogP) is 3.99. The molecule has 1 N–H and O–H groups in total. The zero-order valence-electron chi connectivity index (χ0n) is 10.9. The van der Waals surface area contributed by atoms with Crippen molar-refractivity contribution in [2.24, 2.45) is 0 Å². The monoisotopic (exact) mass is 320 g/mol. The maximum atomic E-state index is 5.67. The van der Waals surface area contributed by atoms with Crippen LogP contribution >= 0.6 is 15.9 Å². The lowest BCUT2D eigenvalue weighted by Crippen LogP contribution is -2.02. The van der Waals surface area contributed by atoms with Crippen molar-refractivity contribution in [3.63, 3.8) is 0 Å². The van der Waals surface area contributed by atoms with Crippen LogP contribution in [0.5, 0.6) is 0 Å². The van der Waals surface area contributed by atoms with Gasteiger partial charge in [-0.1, -0.05) is 34.1 Å². The number of halogens is 1. The Balaban J connectivity index is 1.85. The molecule has 0 spiro atoms. The van der Waals surface area contributed by atoms with Gasteiger partial charge in [0.1, 0.15) is 5.82 Å². The van der Waals surface area contributed by atoms with Gasteiger partial charge < -0.3 is 10.1 Å². The molecule has 19 heavy (non-hydrogen) atoms. The van der Waals surface area contributed by atoms with Gasteiger partial charge in [-0.3, -0.25) is 0 Å². The summed E-state index contributed by atoms with van der Waals surface area (Å²) in [4.78, 5) is 4.46. The van der Waals surface area contributed by atoms with Crippen LogP contribution < -0.4 is 5.32 Å². The van der Waals surface area contributed by atoms with Crippen LogP contribution in [0.4, 0.5) is 5.82 Å². The highest BCUT2D eigenvalue weighted by molar-refractivity contribution is 9.10. The minimum atomic E-state index is 0.523. The fourth-order valence-corrected chi connectivity index (χ4v) is 1.96. The van der Waals surface area contributed by atoms with Crippen molar-refractivity contribution in [3.05, 3.63) is 58.2 Å². The van der Waals surface area contributed by atoms with Crippen LogP contribution in [0.3, 0.4) is 0 Å². The van der Waals surface area contributed by atoms with E-state index in [0.29, 0.717) is 13.2 Å². The highest BCUT2D eigenvalue weighted by atomic mass is 79.9. The minimum absolute atomic E-state index is 0.523. The van der Waals surface area contributed by atoms with Crippen LogP contribution in [0, 0.1) is 0 Å². The number of hydrogen-bond donors (Lipinski definition) is 1. The van der Waals surface area contributed by atoms with Crippen molar-refractivity contribution in [1.29, 1.82) is 0 Å². The zero-order valence-corrected chi connectivity index (χ0v) is 12.5. The summed E-state index contributed by atoms with van der Waals surface area (Å²) in [6.45, 7) is 4.05. The van der Waals surface area contributed by atoms with Crippen LogP contribution in [0.1, 0.15) is 18.2 Å². The van der Waals surface area contributed by atoms with E-state index in [1.807, 2.05) is 42.5 Å². The van der Waals surface area contributed by atoms with E-state index in [2.05, 4.69) is 33.2 Å². The van der Waals surface area contributed by atoms with E-state index in [4.69, 9.17) is 4.74 Å². The number of aromatic nitrogens is 1. The predicted molar refractivity (Wildman–Crippen MR) is 81.0 cm³/mol. The molecule has 1 aromatic carbocycles. The van der Waals surface area contributed by atoms with E-state index in [1.165, 1.54) is 0 Å². The van der Waals surface area contributed by atoms with Gasteiger partial charge in [0.2, 0.25) is 0 Å². The Morgan fingerprint density at radius 2 is 1.89 bits per heavy atom. The maximum absolute atomic E-state index is 5.67. The molecule has 0 unspecified atom stereocenters. The maximum Gasteiger partial charge on any atom is 0.126 e. The van der Waals surface area contributed by atoms with Crippen molar-refractivity contribution in [1.82, 2.24) is 4.98 Å². The molecule has 0 bridgehead atoms. The number of nitrogens with one attached hydrogen (secondary N) is 1. The molecular weight excluding hydrogens is 304 g/mol. The van der Waals surface area contributed by atoms with Gasteiger partial charge in [0.05, 0.1) is 18.9 Å². The van der Waals surface area contributed by atoms with Crippen LogP contribution in [0.2, 0.25) is 0 Å². The molecule has 0 amide bonds. The smallest absolute Gasteiger partial charge is 0.126 e. The first kappa shape index (κ1) is 14.0. The summed E-state index contributed by atoms with van der Waals surface area (Å²) < 4.78 is 6.75. The van der Waals surface area contributed by atoms with Crippen LogP contribution in [0.25, 0.3) is 0 Å². The number of nitrogens with zero attached hydrogens (tertiary/aromatic N) is 1. The highest BCUT2D eigenvalue weighted by Gasteiger charge is 1.98. The molecule has 0 fully saturated rings. The highest BCUT2D eigenvalue weighted by Crippen LogP contribution is 2.12. The number of benzene rings is 1. The third kappa shape index (κ3) is 4.65. The van der Waals surface area contributed by atoms with Crippen LogP contribution in [0.15, 0.2) is 46.9 Å². The molecule has 4 heteroatoms. The van der Waals surface area contributed by atoms with E-state index < -0.39 is 0 Å². The van der Waals surface area contributed by atoms with Gasteiger partial charge in [0.15, 0.2) is 0 Å². The van der Waals surface area contributed by atoms with E-state index in [0.717, 1.165) is 28.1 Å². The molecule has 1 aromatic heterocycles. The Bertz CT molecular complexity index is 514. The fourth-order valence-electron chi connectivity index (χ4n) is 1.69. The number of ether oxygens (including phenoxy) is 1. The first-order valence-corrected chi connectivity index (χ1v) is 7.09. The Labute approximate surface area is 122 Å². The third-order valence-corrected chi connectivity index (χ3v) is 3.13. The van der Waals surface area contributed by atoms with Gasteiger partial charge in [-0.05, 0) is 36.8 Å². The number of anilines is 1. The molecule has 0 radical (unpaired) electrons. The van der Waals surface area contributed by atoms with E-state index in [-0.39, 0.29) is 0 Å². The zero-order chi connectivity index (χ0) is 13.5. The van der Waals surface area contributed by atoms with Gasteiger partial charge >= 0.3 is 0 Å². The summed E-state index contributed by atoms with van der Waals surface area (Å²) in [5.41, 5.74) is 2.10. The summed E-state index contributed by atoms with van der Waals surface area (Å²) in [5.74, 6) is 0.896. The van der Waals surface area contributed by atoms with Gasteiger partial charge in [-0.2, -0.15) is 0 Å². The quantitative estimate of drug-likeness (QED) is 0.873. The van der Waals surface area contributed by atoms with Crippen LogP contribution in [-0.2, 0) is 18.0 Å². The van der Waals surface area contributed by atoms with Crippen molar-refractivity contribution in [2.45, 2.75) is 20.1 Å². The molecule has 100 valence electrons. The summed E-state index contributed by atoms with van der Waals surface area (Å²) in [5, 5.41) is 3.19. The van der Waals surface area contributed by atoms with E-state index >= 15 is 0 Å². The van der Waals surface area contributed by atoms with E-state index in [9.17, 15) is 0 Å². The van der Waals surface area contributed by atoms with Gasteiger partial charge in [-0.15, -0.1) is 0 Å². The van der Waals surface area contributed by atoms with Gasteiger partial charge in [0, 0.05) is 11.0 Å². The van der Waals surface area contributed by atoms with E-state index in [1.54, 1.807) is 0 Å². The summed E-state index contributed by atoms with van der Waals surface area (Å²) in [6, 6.07) is 14.1. The summed E-state index contributed by atoms with van der Waals surface area (Å²) in [6.07, 6.45) is 0. The van der Waals surface area contributed by atoms with Crippen molar-refractivity contribution >= 4 is 21.7 Å².